The van der Waals surface area contributed by atoms with Crippen LogP contribution in [0.4, 0.5) is 11.4 Å². The van der Waals surface area contributed by atoms with Crippen LogP contribution in [0.1, 0.15) is 31.2 Å². The Balaban J connectivity index is 1.74. The van der Waals surface area contributed by atoms with Crippen molar-refractivity contribution in [3.63, 3.8) is 0 Å². The first-order chi connectivity index (χ1) is 9.08. The molecule has 3 rings (SSSR count). The predicted octanol–water partition coefficient (Wildman–Crippen LogP) is 3.71. The second-order valence-corrected chi connectivity index (χ2v) is 6.73. The summed E-state index contributed by atoms with van der Waals surface area (Å²) in [4.78, 5) is 12.3. The fourth-order valence-electron chi connectivity index (χ4n) is 3.46. The van der Waals surface area contributed by atoms with Crippen LogP contribution in [0.3, 0.4) is 0 Å². The van der Waals surface area contributed by atoms with Crippen molar-refractivity contribution in [2.45, 2.75) is 32.6 Å². The molecule has 4 heteroatoms. The van der Waals surface area contributed by atoms with Gasteiger partial charge in [-0.2, -0.15) is 0 Å². The van der Waals surface area contributed by atoms with Crippen LogP contribution in [-0.2, 0) is 4.79 Å². The average molecular weight is 323 g/mol. The molecule has 0 aliphatic heterocycles. The molecular weight excluding hydrogens is 304 g/mol. The number of fused-ring (bicyclic) bond motifs is 1. The molecule has 2 fully saturated rings. The number of nitrogen functional groups attached to an aromatic ring is 1. The maximum atomic E-state index is 12.3. The lowest BCUT2D eigenvalue weighted by molar-refractivity contribution is -0.117. The number of carbonyl (C=O) groups excluding carboxylic acids is 1. The zero-order chi connectivity index (χ0) is 13.6. The predicted molar refractivity (Wildman–Crippen MR) is 80.9 cm³/mol. The summed E-state index contributed by atoms with van der Waals surface area (Å²) in [5.74, 6) is 1.63. The number of hydrogen-bond acceptors (Lipinski definition) is 2. The number of aryl methyl sites for hydroxylation is 1. The van der Waals surface area contributed by atoms with Crippen LogP contribution in [-0.4, -0.2) is 5.91 Å². The van der Waals surface area contributed by atoms with Gasteiger partial charge in [0.05, 0.1) is 11.4 Å². The number of benzene rings is 1. The molecule has 0 saturated heterocycles. The number of anilines is 2. The van der Waals surface area contributed by atoms with E-state index in [0.29, 0.717) is 17.5 Å². The number of nitrogens with one attached hydrogen (secondary N) is 1. The molecule has 102 valence electrons. The fourth-order valence-corrected chi connectivity index (χ4v) is 4.03. The quantitative estimate of drug-likeness (QED) is 0.815. The highest BCUT2D eigenvalue weighted by molar-refractivity contribution is 9.10. The minimum atomic E-state index is 0.154. The summed E-state index contributed by atoms with van der Waals surface area (Å²) < 4.78 is 0.947. The van der Waals surface area contributed by atoms with Crippen molar-refractivity contribution in [2.24, 2.45) is 17.8 Å². The Hall–Kier alpha value is -1.03. The molecule has 3 nitrogen and oxygen atoms in total. The molecule has 0 aromatic heterocycles. The molecule has 0 radical (unpaired) electrons. The van der Waals surface area contributed by atoms with E-state index in [9.17, 15) is 4.79 Å². The summed E-state index contributed by atoms with van der Waals surface area (Å²) in [5.41, 5.74) is 8.42. The standard InChI is InChI=1S/C15H19BrN2O/c1-8-6-9(16)7-12(14(8)17)18-15(19)13-10-4-2-3-5-11(10)13/h6-7,10-11,13H,2-5,17H2,1H3,(H,18,19). The van der Waals surface area contributed by atoms with Gasteiger partial charge < -0.3 is 11.1 Å². The zero-order valence-electron chi connectivity index (χ0n) is 11.1. The van der Waals surface area contributed by atoms with Gasteiger partial charge in [0, 0.05) is 10.4 Å². The van der Waals surface area contributed by atoms with Crippen molar-refractivity contribution in [3.05, 3.63) is 22.2 Å². The maximum Gasteiger partial charge on any atom is 0.228 e. The van der Waals surface area contributed by atoms with Gasteiger partial charge in [0.2, 0.25) is 5.91 Å². The first-order valence-electron chi connectivity index (χ1n) is 6.94. The molecule has 1 aromatic rings. The molecule has 3 N–H and O–H groups in total. The summed E-state index contributed by atoms with van der Waals surface area (Å²) in [6, 6.07) is 3.84. The minimum Gasteiger partial charge on any atom is -0.397 e. The second kappa shape index (κ2) is 4.82. The van der Waals surface area contributed by atoms with Crippen LogP contribution in [0, 0.1) is 24.7 Å². The van der Waals surface area contributed by atoms with E-state index in [2.05, 4.69) is 21.2 Å². The Labute approximate surface area is 122 Å². The lowest BCUT2D eigenvalue weighted by Gasteiger charge is -2.11. The van der Waals surface area contributed by atoms with Crippen LogP contribution >= 0.6 is 15.9 Å². The lowest BCUT2D eigenvalue weighted by atomic mass is 10.0. The van der Waals surface area contributed by atoms with Crippen LogP contribution in [0.5, 0.6) is 0 Å². The third kappa shape index (κ3) is 2.38. The van der Waals surface area contributed by atoms with E-state index in [4.69, 9.17) is 5.73 Å². The van der Waals surface area contributed by atoms with E-state index in [0.717, 1.165) is 15.7 Å². The maximum absolute atomic E-state index is 12.3. The molecule has 19 heavy (non-hydrogen) atoms. The average Bonchev–Trinajstić information content (AvgIpc) is 3.09. The topological polar surface area (TPSA) is 55.1 Å². The van der Waals surface area contributed by atoms with Gasteiger partial charge in [0.25, 0.3) is 0 Å². The molecule has 2 atom stereocenters. The molecule has 2 saturated carbocycles. The number of nitrogens with two attached hydrogens (primary N) is 1. The number of hydrogen-bond donors (Lipinski definition) is 2. The van der Waals surface area contributed by atoms with Crippen LogP contribution in [0.15, 0.2) is 16.6 Å². The lowest BCUT2D eigenvalue weighted by Crippen LogP contribution is -2.17. The number of amides is 1. The summed E-state index contributed by atoms with van der Waals surface area (Å²) in [7, 11) is 0. The summed E-state index contributed by atoms with van der Waals surface area (Å²) in [6.07, 6.45) is 5.00. The minimum absolute atomic E-state index is 0.154. The molecule has 0 spiro atoms. The van der Waals surface area contributed by atoms with Gasteiger partial charge in [0.1, 0.15) is 0 Å². The van der Waals surface area contributed by atoms with Crippen LogP contribution in [0.2, 0.25) is 0 Å². The van der Waals surface area contributed by atoms with E-state index >= 15 is 0 Å². The Bertz CT molecular complexity index is 517. The molecule has 2 aliphatic carbocycles. The van der Waals surface area contributed by atoms with Crippen molar-refractivity contribution < 1.29 is 4.79 Å². The van der Waals surface area contributed by atoms with Crippen molar-refractivity contribution in [1.82, 2.24) is 0 Å². The van der Waals surface area contributed by atoms with Gasteiger partial charge in [0.15, 0.2) is 0 Å². The number of carbonyl (C=O) groups is 1. The first-order valence-corrected chi connectivity index (χ1v) is 7.73. The summed E-state index contributed by atoms with van der Waals surface area (Å²) >= 11 is 3.44. The van der Waals surface area contributed by atoms with Gasteiger partial charge >= 0.3 is 0 Å². The van der Waals surface area contributed by atoms with E-state index in [1.54, 1.807) is 0 Å². The van der Waals surface area contributed by atoms with Crippen molar-refractivity contribution in [1.29, 1.82) is 0 Å². The van der Waals surface area contributed by atoms with Gasteiger partial charge in [-0.15, -0.1) is 0 Å². The highest BCUT2D eigenvalue weighted by Gasteiger charge is 2.54. The van der Waals surface area contributed by atoms with Crippen molar-refractivity contribution in [2.75, 3.05) is 11.1 Å². The normalized spacial score (nSPS) is 28.6. The molecular formula is C15H19BrN2O. The van der Waals surface area contributed by atoms with E-state index in [1.165, 1.54) is 25.7 Å². The van der Waals surface area contributed by atoms with Gasteiger partial charge in [-0.1, -0.05) is 28.8 Å². The highest BCUT2D eigenvalue weighted by atomic mass is 79.9. The highest BCUT2D eigenvalue weighted by Crippen LogP contribution is 2.55. The summed E-state index contributed by atoms with van der Waals surface area (Å²) in [5, 5.41) is 3.02. The van der Waals surface area contributed by atoms with Gasteiger partial charge in [-0.05, 0) is 49.3 Å². The second-order valence-electron chi connectivity index (χ2n) is 5.81. The van der Waals surface area contributed by atoms with Crippen molar-refractivity contribution in [3.8, 4) is 0 Å². The summed E-state index contributed by atoms with van der Waals surface area (Å²) in [6.45, 7) is 1.95. The Morgan fingerprint density at radius 1 is 1.32 bits per heavy atom. The van der Waals surface area contributed by atoms with Crippen LogP contribution in [0.25, 0.3) is 0 Å². The van der Waals surface area contributed by atoms with Crippen molar-refractivity contribution >= 4 is 33.2 Å². The number of rotatable bonds is 2. The molecule has 2 unspecified atom stereocenters. The Morgan fingerprint density at radius 3 is 2.58 bits per heavy atom. The van der Waals surface area contributed by atoms with Crippen LogP contribution < -0.4 is 11.1 Å². The third-order valence-electron chi connectivity index (χ3n) is 4.57. The molecule has 0 heterocycles. The molecule has 1 aromatic carbocycles. The smallest absolute Gasteiger partial charge is 0.228 e. The van der Waals surface area contributed by atoms with Gasteiger partial charge in [-0.25, -0.2) is 0 Å². The monoisotopic (exact) mass is 322 g/mol. The SMILES string of the molecule is Cc1cc(Br)cc(NC(=O)C2C3CCCCC32)c1N. The van der Waals surface area contributed by atoms with E-state index in [1.807, 2.05) is 19.1 Å². The largest absolute Gasteiger partial charge is 0.397 e. The van der Waals surface area contributed by atoms with E-state index < -0.39 is 0 Å². The molecule has 2 aliphatic rings. The molecule has 1 amide bonds. The third-order valence-corrected chi connectivity index (χ3v) is 5.03. The van der Waals surface area contributed by atoms with Gasteiger partial charge in [-0.3, -0.25) is 4.79 Å². The number of halogens is 1. The Kier molecular flexibility index (Phi) is 3.29. The molecule has 0 bridgehead atoms. The first kappa shape index (κ1) is 13.0. The Morgan fingerprint density at radius 2 is 1.95 bits per heavy atom. The zero-order valence-corrected chi connectivity index (χ0v) is 12.7. The fraction of sp³-hybridized carbons (Fsp3) is 0.533. The van der Waals surface area contributed by atoms with E-state index in [-0.39, 0.29) is 11.8 Å².